The number of rotatable bonds is 4. The zero-order valence-electron chi connectivity index (χ0n) is 17.6. The van der Waals surface area contributed by atoms with E-state index in [1.165, 1.54) is 5.01 Å². The molecule has 2 aliphatic rings. The number of halogens is 6. The van der Waals surface area contributed by atoms with E-state index in [1.54, 1.807) is 0 Å². The summed E-state index contributed by atoms with van der Waals surface area (Å²) < 4.78 is 79.3. The Morgan fingerprint density at radius 2 is 1.68 bits per heavy atom. The number of hydrogen-bond donors (Lipinski definition) is 1. The zero-order chi connectivity index (χ0) is 24.9. The van der Waals surface area contributed by atoms with E-state index in [0.717, 1.165) is 36.4 Å². The van der Waals surface area contributed by atoms with Crippen LogP contribution in [0.25, 0.3) is 17.6 Å². The van der Waals surface area contributed by atoms with Crippen molar-refractivity contribution in [2.45, 2.75) is 18.8 Å². The van der Waals surface area contributed by atoms with Crippen molar-refractivity contribution in [1.29, 1.82) is 0 Å². The fourth-order valence-corrected chi connectivity index (χ4v) is 4.19. The van der Waals surface area contributed by atoms with Gasteiger partial charge in [-0.05, 0) is 25.2 Å². The van der Waals surface area contributed by atoms with Crippen LogP contribution in [0.2, 0.25) is 0 Å². The van der Waals surface area contributed by atoms with Crippen LogP contribution in [0.15, 0.2) is 30.6 Å². The van der Waals surface area contributed by atoms with Crippen molar-refractivity contribution in [3.63, 3.8) is 0 Å². The molecule has 34 heavy (non-hydrogen) atoms. The third-order valence-corrected chi connectivity index (χ3v) is 5.51. The average molecular weight is 488 g/mol. The first-order valence-corrected chi connectivity index (χ1v) is 9.93. The molecule has 2 aliphatic heterocycles. The Morgan fingerprint density at radius 3 is 2.24 bits per heavy atom. The quantitative estimate of drug-likeness (QED) is 0.529. The molecule has 0 unspecified atom stereocenters. The predicted octanol–water partition coefficient (Wildman–Crippen LogP) is 2.65. The molecule has 3 heterocycles. The molecule has 2 fully saturated rings. The van der Waals surface area contributed by atoms with Crippen molar-refractivity contribution in [1.82, 2.24) is 30.1 Å². The molecule has 0 aliphatic carbocycles. The van der Waals surface area contributed by atoms with E-state index in [4.69, 9.17) is 0 Å². The molecule has 8 nitrogen and oxygen atoms in total. The molecule has 0 atom stereocenters. The first-order chi connectivity index (χ1) is 15.7. The van der Waals surface area contributed by atoms with Gasteiger partial charge in [0.2, 0.25) is 5.91 Å². The van der Waals surface area contributed by atoms with Crippen LogP contribution in [0, 0.1) is 5.41 Å². The first kappa shape index (κ1) is 23.7. The van der Waals surface area contributed by atoms with Crippen molar-refractivity contribution in [3.05, 3.63) is 41.7 Å². The van der Waals surface area contributed by atoms with Gasteiger partial charge in [-0.2, -0.15) is 26.3 Å². The van der Waals surface area contributed by atoms with Gasteiger partial charge in [-0.25, -0.2) is 9.67 Å². The molecule has 4 rings (SSSR count). The minimum atomic E-state index is -5.00. The Labute approximate surface area is 188 Å². The molecule has 0 radical (unpaired) electrons. The maximum absolute atomic E-state index is 13.1. The molecule has 1 N–H and O–H groups in total. The number of aromatic nitrogens is 3. The van der Waals surface area contributed by atoms with Crippen molar-refractivity contribution in [3.8, 4) is 11.4 Å². The van der Waals surface area contributed by atoms with Crippen LogP contribution in [-0.2, 0) is 21.9 Å². The lowest BCUT2D eigenvalue weighted by Gasteiger charge is -2.45. The van der Waals surface area contributed by atoms with E-state index in [2.05, 4.69) is 20.4 Å². The predicted molar refractivity (Wildman–Crippen MR) is 105 cm³/mol. The van der Waals surface area contributed by atoms with Crippen LogP contribution in [0.3, 0.4) is 0 Å². The molecule has 14 heteroatoms. The molecule has 1 spiro atoms. The molecule has 2 amide bonds. The summed E-state index contributed by atoms with van der Waals surface area (Å²) in [6.45, 7) is 1.86. The summed E-state index contributed by atoms with van der Waals surface area (Å²) in [6.07, 6.45) is -6.54. The summed E-state index contributed by atoms with van der Waals surface area (Å²) in [7, 11) is 1.93. The lowest BCUT2D eigenvalue weighted by Crippen LogP contribution is -2.56. The second-order valence-corrected chi connectivity index (χ2v) is 8.46. The van der Waals surface area contributed by atoms with Crippen LogP contribution in [0.4, 0.5) is 26.3 Å². The topological polar surface area (TPSA) is 83.4 Å². The molecule has 0 bridgehead atoms. The number of carbonyl (C=O) groups excluding carboxylic acids is 2. The Kier molecular flexibility index (Phi) is 5.66. The number of alkyl halides is 6. The number of nitrogens with zero attached hydrogens (tertiary/aromatic N) is 5. The minimum absolute atomic E-state index is 0.0101. The fraction of sp³-hybridized carbons (Fsp3) is 0.400. The number of carbonyl (C=O) groups is 2. The van der Waals surface area contributed by atoms with Crippen molar-refractivity contribution in [2.75, 3.05) is 26.7 Å². The maximum atomic E-state index is 13.1. The van der Waals surface area contributed by atoms with Gasteiger partial charge in [-0.3, -0.25) is 20.0 Å². The van der Waals surface area contributed by atoms with Crippen LogP contribution in [-0.4, -0.2) is 63.2 Å². The Balaban J connectivity index is 1.46. The van der Waals surface area contributed by atoms with E-state index in [9.17, 15) is 35.9 Å². The Bertz CT molecular complexity index is 1120. The largest absolute Gasteiger partial charge is 0.416 e. The molecule has 1 aromatic heterocycles. The van der Waals surface area contributed by atoms with Crippen LogP contribution in [0.5, 0.6) is 0 Å². The van der Waals surface area contributed by atoms with Crippen LogP contribution < -0.4 is 5.43 Å². The molecule has 1 aromatic carbocycles. The zero-order valence-corrected chi connectivity index (χ0v) is 17.6. The summed E-state index contributed by atoms with van der Waals surface area (Å²) >= 11 is 0. The summed E-state index contributed by atoms with van der Waals surface area (Å²) in [4.78, 5) is 30.1. The fourth-order valence-electron chi connectivity index (χ4n) is 4.19. The highest BCUT2D eigenvalue weighted by atomic mass is 19.4. The normalized spacial score (nSPS) is 18.7. The number of nitrogens with one attached hydrogen (secondary N) is 1. The smallest absolute Gasteiger partial charge is 0.305 e. The van der Waals surface area contributed by atoms with E-state index in [0.29, 0.717) is 25.1 Å². The first-order valence-electron chi connectivity index (χ1n) is 9.93. The number of hydrogen-bond acceptors (Lipinski definition) is 5. The van der Waals surface area contributed by atoms with Gasteiger partial charge < -0.3 is 4.90 Å². The summed E-state index contributed by atoms with van der Waals surface area (Å²) in [5.41, 5.74) is -1.20. The number of benzene rings is 1. The lowest BCUT2D eigenvalue weighted by atomic mass is 9.79. The maximum Gasteiger partial charge on any atom is 0.416 e. The monoisotopic (exact) mass is 488 g/mol. The third-order valence-electron chi connectivity index (χ3n) is 5.51. The summed E-state index contributed by atoms with van der Waals surface area (Å²) in [6, 6.07) is 1.03. The molecule has 2 aromatic rings. The van der Waals surface area contributed by atoms with Gasteiger partial charge in [0.25, 0.3) is 5.91 Å². The van der Waals surface area contributed by atoms with Gasteiger partial charge in [0.05, 0.1) is 17.7 Å². The molecule has 0 saturated carbocycles. The Morgan fingerprint density at radius 1 is 1.06 bits per heavy atom. The van der Waals surface area contributed by atoms with Gasteiger partial charge in [-0.1, -0.05) is 0 Å². The second kappa shape index (κ2) is 8.11. The second-order valence-electron chi connectivity index (χ2n) is 8.46. The SMILES string of the molecule is CN1CC2(CC(=O)N(NC(=O)/C=C\n3cnc(-c4cc(C(F)(F)F)cc(C(F)(F)F)c4)n3)C2)C1. The minimum Gasteiger partial charge on any atom is -0.305 e. The van der Waals surface area contributed by atoms with Crippen molar-refractivity contribution >= 4 is 18.0 Å². The standard InChI is InChI=1S/C20H18F6N6O2/c1-30-8-18(9-30)7-16(34)32(10-18)28-15(33)2-3-31-11-27-17(29-31)12-4-13(19(21,22)23)6-14(5-12)20(24,25)26/h2-6,11H,7-10H2,1H3,(H,28,33)/b3-2-. The number of hydrazine groups is 1. The molecular weight excluding hydrogens is 470 g/mol. The number of likely N-dealkylation sites (tertiary alicyclic amines) is 1. The number of amides is 2. The van der Waals surface area contributed by atoms with Crippen molar-refractivity contribution < 1.29 is 35.9 Å². The highest BCUT2D eigenvalue weighted by molar-refractivity contribution is 5.92. The molecule has 2 saturated heterocycles. The highest BCUT2D eigenvalue weighted by Gasteiger charge is 2.50. The summed E-state index contributed by atoms with van der Waals surface area (Å²) in [5.74, 6) is -1.27. The van der Waals surface area contributed by atoms with E-state index >= 15 is 0 Å². The van der Waals surface area contributed by atoms with Gasteiger partial charge in [-0.15, -0.1) is 5.10 Å². The summed E-state index contributed by atoms with van der Waals surface area (Å²) in [5, 5.41) is 5.05. The van der Waals surface area contributed by atoms with Gasteiger partial charge in [0, 0.05) is 42.8 Å². The Hall–Kier alpha value is -3.42. The van der Waals surface area contributed by atoms with Crippen molar-refractivity contribution in [2.24, 2.45) is 5.41 Å². The van der Waals surface area contributed by atoms with E-state index in [1.807, 2.05) is 7.05 Å². The van der Waals surface area contributed by atoms with E-state index < -0.39 is 40.8 Å². The van der Waals surface area contributed by atoms with Crippen LogP contribution >= 0.6 is 0 Å². The van der Waals surface area contributed by atoms with Gasteiger partial charge in [0.15, 0.2) is 5.82 Å². The van der Waals surface area contributed by atoms with E-state index in [-0.39, 0.29) is 17.4 Å². The van der Waals surface area contributed by atoms with Gasteiger partial charge >= 0.3 is 12.4 Å². The molecular formula is C20H18F6N6O2. The third kappa shape index (κ3) is 4.90. The molecule has 182 valence electrons. The average Bonchev–Trinajstić information content (AvgIpc) is 3.30. The van der Waals surface area contributed by atoms with Gasteiger partial charge in [0.1, 0.15) is 6.33 Å². The highest BCUT2D eigenvalue weighted by Crippen LogP contribution is 2.39. The van der Waals surface area contributed by atoms with Crippen LogP contribution in [0.1, 0.15) is 17.5 Å². The lowest BCUT2D eigenvalue weighted by molar-refractivity contribution is -0.143.